The van der Waals surface area contributed by atoms with Crippen LogP contribution >= 0.6 is 0 Å². The van der Waals surface area contributed by atoms with E-state index in [9.17, 15) is 0 Å². The molecule has 1 aliphatic heterocycles. The maximum atomic E-state index is 5.97. The third-order valence-electron chi connectivity index (χ3n) is 6.40. The summed E-state index contributed by atoms with van der Waals surface area (Å²) in [5.74, 6) is 1.94. The van der Waals surface area contributed by atoms with Crippen LogP contribution in [0.5, 0.6) is 11.5 Å². The Hall–Kier alpha value is -2.98. The van der Waals surface area contributed by atoms with Crippen molar-refractivity contribution in [2.45, 2.75) is 25.7 Å². The van der Waals surface area contributed by atoms with E-state index < -0.39 is 0 Å². The van der Waals surface area contributed by atoms with Gasteiger partial charge in [0, 0.05) is 26.2 Å². The quantitative estimate of drug-likeness (QED) is 0.367. The summed E-state index contributed by atoms with van der Waals surface area (Å²) in [5, 5.41) is 0. The Morgan fingerprint density at radius 2 is 1.36 bits per heavy atom. The summed E-state index contributed by atoms with van der Waals surface area (Å²) in [6.45, 7) is 6.22. The van der Waals surface area contributed by atoms with Gasteiger partial charge in [-0.15, -0.1) is 0 Å². The summed E-state index contributed by atoms with van der Waals surface area (Å²) in [4.78, 5) is 5.00. The average Bonchev–Trinajstić information content (AvgIpc) is 2.89. The lowest BCUT2D eigenvalue weighted by Gasteiger charge is -2.36. The smallest absolute Gasteiger partial charge is 0.142 e. The van der Waals surface area contributed by atoms with E-state index in [1.807, 2.05) is 12.1 Å². The van der Waals surface area contributed by atoms with Gasteiger partial charge in [0.25, 0.3) is 0 Å². The summed E-state index contributed by atoms with van der Waals surface area (Å²) in [6, 6.07) is 27.6. The van der Waals surface area contributed by atoms with Gasteiger partial charge in [0.1, 0.15) is 11.5 Å². The molecule has 0 unspecified atom stereocenters. The molecule has 33 heavy (non-hydrogen) atoms. The van der Waals surface area contributed by atoms with Gasteiger partial charge in [0.05, 0.1) is 19.4 Å². The molecule has 4 rings (SSSR count). The van der Waals surface area contributed by atoms with E-state index in [-0.39, 0.29) is 0 Å². The second-order valence-electron chi connectivity index (χ2n) is 8.69. The predicted octanol–water partition coefficient (Wildman–Crippen LogP) is 5.46. The standard InChI is InChI=1S/C29H36N2O2/c1-32-29-12-6-5-11-28(29)31-22-20-30(21-23-31)19-7-8-24-33-27-17-15-26(16-18-27)14-13-25-9-3-2-4-10-25/h2-6,9-12,15-18H,7-8,13-14,19-24H2,1H3. The van der Waals surface area contributed by atoms with E-state index >= 15 is 0 Å². The second kappa shape index (κ2) is 12.3. The van der Waals surface area contributed by atoms with Gasteiger partial charge in [-0.05, 0) is 67.6 Å². The van der Waals surface area contributed by atoms with Crippen LogP contribution in [0, 0.1) is 0 Å². The molecule has 0 amide bonds. The van der Waals surface area contributed by atoms with Crippen molar-refractivity contribution in [2.24, 2.45) is 0 Å². The van der Waals surface area contributed by atoms with E-state index in [1.165, 1.54) is 23.2 Å². The van der Waals surface area contributed by atoms with Crippen molar-refractivity contribution in [3.8, 4) is 11.5 Å². The van der Waals surface area contributed by atoms with Crippen molar-refractivity contribution in [2.75, 3.05) is 51.3 Å². The minimum atomic E-state index is 0.782. The van der Waals surface area contributed by atoms with Crippen LogP contribution < -0.4 is 14.4 Å². The molecule has 4 heteroatoms. The number of hydrogen-bond donors (Lipinski definition) is 0. The normalized spacial score (nSPS) is 14.3. The Balaban J connectivity index is 1.10. The molecule has 0 N–H and O–H groups in total. The first-order valence-electron chi connectivity index (χ1n) is 12.2. The van der Waals surface area contributed by atoms with Crippen molar-refractivity contribution in [3.63, 3.8) is 0 Å². The SMILES string of the molecule is COc1ccccc1N1CCN(CCCCOc2ccc(CCc3ccccc3)cc2)CC1. The number of aryl methyl sites for hydroxylation is 2. The van der Waals surface area contributed by atoms with Crippen LogP contribution in [0.4, 0.5) is 5.69 Å². The van der Waals surface area contributed by atoms with E-state index in [0.29, 0.717) is 0 Å². The molecule has 0 aromatic heterocycles. The highest BCUT2D eigenvalue weighted by Crippen LogP contribution is 2.28. The molecular weight excluding hydrogens is 408 g/mol. The van der Waals surface area contributed by atoms with Gasteiger partial charge in [-0.3, -0.25) is 4.90 Å². The zero-order valence-electron chi connectivity index (χ0n) is 19.8. The van der Waals surface area contributed by atoms with E-state index in [0.717, 1.165) is 70.1 Å². The molecular formula is C29H36N2O2. The first-order chi connectivity index (χ1) is 16.3. The van der Waals surface area contributed by atoms with Crippen LogP contribution in [0.2, 0.25) is 0 Å². The Kier molecular flexibility index (Phi) is 8.65. The molecule has 3 aromatic rings. The van der Waals surface area contributed by atoms with Crippen molar-refractivity contribution < 1.29 is 9.47 Å². The topological polar surface area (TPSA) is 24.9 Å². The van der Waals surface area contributed by atoms with Gasteiger partial charge in [0.2, 0.25) is 0 Å². The molecule has 0 aliphatic carbocycles. The van der Waals surface area contributed by atoms with Gasteiger partial charge in [-0.25, -0.2) is 0 Å². The number of methoxy groups -OCH3 is 1. The Morgan fingerprint density at radius 3 is 2.09 bits per heavy atom. The molecule has 1 saturated heterocycles. The number of unbranched alkanes of at least 4 members (excludes halogenated alkanes) is 1. The molecule has 1 aliphatic rings. The average molecular weight is 445 g/mol. The third kappa shape index (κ3) is 7.00. The monoisotopic (exact) mass is 444 g/mol. The van der Waals surface area contributed by atoms with E-state index in [4.69, 9.17) is 9.47 Å². The fourth-order valence-electron chi connectivity index (χ4n) is 4.42. The highest BCUT2D eigenvalue weighted by atomic mass is 16.5. The Bertz CT molecular complexity index is 951. The number of hydrogen-bond acceptors (Lipinski definition) is 4. The minimum absolute atomic E-state index is 0.782. The van der Waals surface area contributed by atoms with Crippen molar-refractivity contribution in [1.82, 2.24) is 4.90 Å². The molecule has 0 spiro atoms. The van der Waals surface area contributed by atoms with Crippen LogP contribution in [-0.2, 0) is 12.8 Å². The molecule has 0 atom stereocenters. The van der Waals surface area contributed by atoms with Gasteiger partial charge >= 0.3 is 0 Å². The number of benzene rings is 3. The molecule has 4 nitrogen and oxygen atoms in total. The van der Waals surface area contributed by atoms with Crippen molar-refractivity contribution in [1.29, 1.82) is 0 Å². The van der Waals surface area contributed by atoms with Gasteiger partial charge in [-0.2, -0.15) is 0 Å². The van der Waals surface area contributed by atoms with Crippen molar-refractivity contribution in [3.05, 3.63) is 90.0 Å². The number of piperazine rings is 1. The lowest BCUT2D eigenvalue weighted by atomic mass is 10.0. The molecule has 0 bridgehead atoms. The molecule has 0 radical (unpaired) electrons. The molecule has 0 saturated carbocycles. The molecule has 3 aromatic carbocycles. The van der Waals surface area contributed by atoms with Crippen LogP contribution in [0.3, 0.4) is 0 Å². The third-order valence-corrected chi connectivity index (χ3v) is 6.40. The maximum absolute atomic E-state index is 5.97. The fraction of sp³-hybridized carbons (Fsp3) is 0.379. The largest absolute Gasteiger partial charge is 0.495 e. The highest BCUT2D eigenvalue weighted by Gasteiger charge is 2.19. The van der Waals surface area contributed by atoms with Gasteiger partial charge in [0.15, 0.2) is 0 Å². The summed E-state index contributed by atoms with van der Waals surface area (Å²) in [5.41, 5.74) is 3.96. The molecule has 1 fully saturated rings. The zero-order chi connectivity index (χ0) is 22.7. The number of para-hydroxylation sites is 2. The Labute approximate surface area is 198 Å². The number of nitrogens with zero attached hydrogens (tertiary/aromatic N) is 2. The second-order valence-corrected chi connectivity index (χ2v) is 8.69. The highest BCUT2D eigenvalue weighted by molar-refractivity contribution is 5.58. The summed E-state index contributed by atoms with van der Waals surface area (Å²) < 4.78 is 11.5. The Morgan fingerprint density at radius 1 is 0.697 bits per heavy atom. The molecule has 1 heterocycles. The zero-order valence-corrected chi connectivity index (χ0v) is 19.8. The van der Waals surface area contributed by atoms with Gasteiger partial charge in [-0.1, -0.05) is 54.6 Å². The first kappa shape index (κ1) is 23.2. The van der Waals surface area contributed by atoms with Crippen molar-refractivity contribution >= 4 is 5.69 Å². The lowest BCUT2D eigenvalue weighted by Crippen LogP contribution is -2.46. The predicted molar refractivity (Wildman–Crippen MR) is 137 cm³/mol. The summed E-state index contributed by atoms with van der Waals surface area (Å²) in [7, 11) is 1.75. The molecule has 174 valence electrons. The van der Waals surface area contributed by atoms with Crippen LogP contribution in [-0.4, -0.2) is 51.3 Å². The number of ether oxygens (including phenoxy) is 2. The lowest BCUT2D eigenvalue weighted by molar-refractivity contribution is 0.238. The van der Waals surface area contributed by atoms with E-state index in [2.05, 4.69) is 76.5 Å². The summed E-state index contributed by atoms with van der Waals surface area (Å²) in [6.07, 6.45) is 4.40. The van der Waals surface area contributed by atoms with Crippen LogP contribution in [0.1, 0.15) is 24.0 Å². The minimum Gasteiger partial charge on any atom is -0.495 e. The van der Waals surface area contributed by atoms with Crippen LogP contribution in [0.15, 0.2) is 78.9 Å². The number of rotatable bonds is 11. The summed E-state index contributed by atoms with van der Waals surface area (Å²) >= 11 is 0. The number of anilines is 1. The first-order valence-corrected chi connectivity index (χ1v) is 12.2. The van der Waals surface area contributed by atoms with E-state index in [1.54, 1.807) is 7.11 Å². The fourth-order valence-corrected chi connectivity index (χ4v) is 4.42. The van der Waals surface area contributed by atoms with Crippen LogP contribution in [0.25, 0.3) is 0 Å². The van der Waals surface area contributed by atoms with Gasteiger partial charge < -0.3 is 14.4 Å². The maximum Gasteiger partial charge on any atom is 0.142 e.